The molecule has 0 heterocycles. The molecule has 0 aromatic carbocycles. The molecule has 52 valence electrons. The highest BCUT2D eigenvalue weighted by molar-refractivity contribution is 6.32. The van der Waals surface area contributed by atoms with Crippen molar-refractivity contribution < 1.29 is 19.4 Å². The molecule has 0 aliphatic heterocycles. The average Bonchev–Trinajstić information content (AvgIpc) is 1.82. The summed E-state index contributed by atoms with van der Waals surface area (Å²) in [6, 6.07) is 0. The van der Waals surface area contributed by atoms with Crippen molar-refractivity contribution in [1.29, 1.82) is 0 Å². The van der Waals surface area contributed by atoms with Gasteiger partial charge in [-0.05, 0) is 0 Å². The van der Waals surface area contributed by atoms with Crippen molar-refractivity contribution in [2.75, 3.05) is 13.7 Å². The SMILES string of the molecule is COCCC(=O)C(=O)O. The summed E-state index contributed by atoms with van der Waals surface area (Å²) in [5.41, 5.74) is 0. The van der Waals surface area contributed by atoms with Gasteiger partial charge in [0.15, 0.2) is 0 Å². The Hall–Kier alpha value is -0.900. The van der Waals surface area contributed by atoms with E-state index in [1.165, 1.54) is 7.11 Å². The fourth-order valence-corrected chi connectivity index (χ4v) is 0.302. The fraction of sp³-hybridized carbons (Fsp3) is 0.600. The summed E-state index contributed by atoms with van der Waals surface area (Å²) in [7, 11) is 1.41. The van der Waals surface area contributed by atoms with Crippen LogP contribution in [0.3, 0.4) is 0 Å². The first-order chi connectivity index (χ1) is 4.18. The van der Waals surface area contributed by atoms with Crippen molar-refractivity contribution in [2.24, 2.45) is 0 Å². The van der Waals surface area contributed by atoms with E-state index < -0.39 is 11.8 Å². The molecule has 0 bridgehead atoms. The molecule has 0 aromatic heterocycles. The summed E-state index contributed by atoms with van der Waals surface area (Å²) in [4.78, 5) is 20.0. The zero-order valence-corrected chi connectivity index (χ0v) is 5.09. The topological polar surface area (TPSA) is 63.6 Å². The molecule has 0 aromatic rings. The second-order valence-electron chi connectivity index (χ2n) is 1.47. The quantitative estimate of drug-likeness (QED) is 0.532. The highest BCUT2D eigenvalue weighted by atomic mass is 16.5. The molecule has 0 amide bonds. The molecule has 0 spiro atoms. The Balaban J connectivity index is 3.39. The maximum absolute atomic E-state index is 10.2. The van der Waals surface area contributed by atoms with Gasteiger partial charge in [-0.1, -0.05) is 0 Å². The minimum atomic E-state index is -1.40. The number of methoxy groups -OCH3 is 1. The number of rotatable bonds is 4. The predicted octanol–water partition coefficient (Wildman–Crippen LogP) is -0.323. The van der Waals surface area contributed by atoms with E-state index >= 15 is 0 Å². The third-order valence-electron chi connectivity index (χ3n) is 0.772. The van der Waals surface area contributed by atoms with Crippen molar-refractivity contribution >= 4 is 11.8 Å². The Morgan fingerprint density at radius 3 is 2.44 bits per heavy atom. The number of Topliss-reactive ketones (excluding diaryl/α,β-unsaturated/α-hetero) is 1. The van der Waals surface area contributed by atoms with E-state index in [0.717, 1.165) is 0 Å². The number of aliphatic carboxylic acids is 1. The normalized spacial score (nSPS) is 9.00. The van der Waals surface area contributed by atoms with E-state index in [9.17, 15) is 9.59 Å². The monoisotopic (exact) mass is 132 g/mol. The summed E-state index contributed by atoms with van der Waals surface area (Å²) < 4.78 is 4.48. The summed E-state index contributed by atoms with van der Waals surface area (Å²) in [6.45, 7) is 0.172. The highest BCUT2D eigenvalue weighted by Crippen LogP contribution is 1.82. The number of carboxylic acids is 1. The molecule has 0 radical (unpaired) electrons. The van der Waals surface area contributed by atoms with E-state index in [1.807, 2.05) is 0 Å². The van der Waals surface area contributed by atoms with Crippen LogP contribution < -0.4 is 0 Å². The molecule has 0 saturated heterocycles. The zero-order valence-electron chi connectivity index (χ0n) is 5.09. The number of hydrogen-bond acceptors (Lipinski definition) is 3. The third kappa shape index (κ3) is 3.66. The number of hydrogen-bond donors (Lipinski definition) is 1. The second-order valence-corrected chi connectivity index (χ2v) is 1.47. The molecule has 9 heavy (non-hydrogen) atoms. The Bertz CT molecular complexity index is 118. The largest absolute Gasteiger partial charge is 0.475 e. The number of carbonyl (C=O) groups excluding carboxylic acids is 1. The van der Waals surface area contributed by atoms with Gasteiger partial charge < -0.3 is 9.84 Å². The molecule has 0 rings (SSSR count). The summed E-state index contributed by atoms with van der Waals surface area (Å²) in [6.07, 6.45) is -0.0498. The molecule has 0 saturated carbocycles. The van der Waals surface area contributed by atoms with Crippen LogP contribution >= 0.6 is 0 Å². The molecule has 4 nitrogen and oxygen atoms in total. The lowest BCUT2D eigenvalue weighted by Crippen LogP contribution is -2.13. The lowest BCUT2D eigenvalue weighted by molar-refractivity contribution is -0.149. The first-order valence-corrected chi connectivity index (χ1v) is 2.43. The van der Waals surface area contributed by atoms with Gasteiger partial charge in [0.05, 0.1) is 6.61 Å². The molecule has 0 aliphatic carbocycles. The molecule has 0 unspecified atom stereocenters. The van der Waals surface area contributed by atoms with E-state index in [2.05, 4.69) is 4.74 Å². The van der Waals surface area contributed by atoms with Gasteiger partial charge in [0.25, 0.3) is 0 Å². The van der Waals surface area contributed by atoms with Crippen molar-refractivity contribution in [3.63, 3.8) is 0 Å². The van der Waals surface area contributed by atoms with Gasteiger partial charge in [-0.25, -0.2) is 4.79 Å². The maximum Gasteiger partial charge on any atom is 0.372 e. The minimum absolute atomic E-state index is 0.0498. The van der Waals surface area contributed by atoms with Gasteiger partial charge in [-0.3, -0.25) is 4.79 Å². The molecule has 0 aliphatic rings. The fourth-order valence-electron chi connectivity index (χ4n) is 0.302. The second kappa shape index (κ2) is 4.03. The number of ether oxygens (including phenoxy) is 1. The Labute approximate surface area is 52.4 Å². The summed E-state index contributed by atoms with van der Waals surface area (Å²) in [5.74, 6) is -2.20. The van der Waals surface area contributed by atoms with Gasteiger partial charge in [0, 0.05) is 13.5 Å². The highest BCUT2D eigenvalue weighted by Gasteiger charge is 2.09. The molecule has 0 fully saturated rings. The van der Waals surface area contributed by atoms with Crippen molar-refractivity contribution in [1.82, 2.24) is 0 Å². The average molecular weight is 132 g/mol. The Kier molecular flexibility index (Phi) is 3.62. The molecular weight excluding hydrogens is 124 g/mol. The van der Waals surface area contributed by atoms with E-state index in [0.29, 0.717) is 0 Å². The third-order valence-corrected chi connectivity index (χ3v) is 0.772. The lowest BCUT2D eigenvalue weighted by atomic mass is 10.3. The van der Waals surface area contributed by atoms with Crippen LogP contribution in [-0.4, -0.2) is 30.6 Å². The smallest absolute Gasteiger partial charge is 0.372 e. The predicted molar refractivity (Wildman–Crippen MR) is 29.1 cm³/mol. The van der Waals surface area contributed by atoms with Gasteiger partial charge >= 0.3 is 5.97 Å². The van der Waals surface area contributed by atoms with Crippen LogP contribution in [-0.2, 0) is 14.3 Å². The number of carbonyl (C=O) groups is 2. The molecular formula is C5H8O4. The van der Waals surface area contributed by atoms with E-state index in [-0.39, 0.29) is 13.0 Å². The van der Waals surface area contributed by atoms with Crippen LogP contribution in [0.2, 0.25) is 0 Å². The number of carboxylic acid groups (broad SMARTS) is 1. The van der Waals surface area contributed by atoms with Crippen LogP contribution in [0, 0.1) is 0 Å². The van der Waals surface area contributed by atoms with Crippen molar-refractivity contribution in [2.45, 2.75) is 6.42 Å². The van der Waals surface area contributed by atoms with Gasteiger partial charge in [-0.15, -0.1) is 0 Å². The Morgan fingerprint density at radius 1 is 1.56 bits per heavy atom. The van der Waals surface area contributed by atoms with Crippen LogP contribution in [0.1, 0.15) is 6.42 Å². The minimum Gasteiger partial charge on any atom is -0.475 e. The van der Waals surface area contributed by atoms with E-state index in [4.69, 9.17) is 5.11 Å². The van der Waals surface area contributed by atoms with Crippen LogP contribution in [0.4, 0.5) is 0 Å². The van der Waals surface area contributed by atoms with Crippen LogP contribution in [0.25, 0.3) is 0 Å². The zero-order chi connectivity index (χ0) is 7.28. The summed E-state index contributed by atoms with van der Waals surface area (Å²) >= 11 is 0. The summed E-state index contributed by atoms with van der Waals surface area (Å²) in [5, 5.41) is 8.00. The van der Waals surface area contributed by atoms with E-state index in [1.54, 1.807) is 0 Å². The van der Waals surface area contributed by atoms with Gasteiger partial charge in [0.2, 0.25) is 5.78 Å². The first-order valence-electron chi connectivity index (χ1n) is 2.43. The van der Waals surface area contributed by atoms with Gasteiger partial charge in [0.1, 0.15) is 0 Å². The first kappa shape index (κ1) is 8.10. The van der Waals surface area contributed by atoms with Crippen molar-refractivity contribution in [3.8, 4) is 0 Å². The molecule has 4 heteroatoms. The standard InChI is InChI=1S/C5H8O4/c1-9-3-2-4(6)5(7)8/h2-3H2,1H3,(H,7,8). The Morgan fingerprint density at radius 2 is 2.11 bits per heavy atom. The van der Waals surface area contributed by atoms with Crippen LogP contribution in [0.15, 0.2) is 0 Å². The van der Waals surface area contributed by atoms with Gasteiger partial charge in [-0.2, -0.15) is 0 Å². The van der Waals surface area contributed by atoms with Crippen molar-refractivity contribution in [3.05, 3.63) is 0 Å². The molecule has 0 atom stereocenters. The number of ketones is 1. The molecule has 1 N–H and O–H groups in total. The lowest BCUT2D eigenvalue weighted by Gasteiger charge is -1.91. The van der Waals surface area contributed by atoms with Crippen LogP contribution in [0.5, 0.6) is 0 Å². The maximum atomic E-state index is 10.2.